The van der Waals surface area contributed by atoms with Crippen LogP contribution in [-0.2, 0) is 6.54 Å². The van der Waals surface area contributed by atoms with Crippen LogP contribution in [0.25, 0.3) is 0 Å². The first-order valence-corrected chi connectivity index (χ1v) is 5.07. The maximum atomic E-state index is 12.9. The van der Waals surface area contributed by atoms with E-state index in [1.807, 2.05) is 0 Å². The van der Waals surface area contributed by atoms with Crippen molar-refractivity contribution in [1.82, 2.24) is 4.90 Å². The van der Waals surface area contributed by atoms with Crippen LogP contribution < -0.4 is 0 Å². The van der Waals surface area contributed by atoms with Crippen LogP contribution in [0.15, 0.2) is 18.2 Å². The SMILES string of the molecule is CCN(Cc1cc(O)cc(F)c1)CC(F)(F)F. The fourth-order valence-corrected chi connectivity index (χ4v) is 1.52. The summed E-state index contributed by atoms with van der Waals surface area (Å²) in [6.45, 7) is 0.670. The summed E-state index contributed by atoms with van der Waals surface area (Å²) in [7, 11) is 0. The summed E-state index contributed by atoms with van der Waals surface area (Å²) in [6.07, 6.45) is -4.29. The lowest BCUT2D eigenvalue weighted by Crippen LogP contribution is -2.33. The fraction of sp³-hybridized carbons (Fsp3) is 0.455. The minimum Gasteiger partial charge on any atom is -0.508 e. The zero-order valence-electron chi connectivity index (χ0n) is 9.26. The monoisotopic (exact) mass is 251 g/mol. The quantitative estimate of drug-likeness (QED) is 0.832. The molecule has 6 heteroatoms. The lowest BCUT2D eigenvalue weighted by atomic mass is 10.2. The van der Waals surface area contributed by atoms with Crippen molar-refractivity contribution in [3.05, 3.63) is 29.6 Å². The molecule has 0 aliphatic heterocycles. The molecule has 0 radical (unpaired) electrons. The molecule has 0 saturated carbocycles. The third-order valence-corrected chi connectivity index (χ3v) is 2.20. The largest absolute Gasteiger partial charge is 0.508 e. The first-order chi connectivity index (χ1) is 7.80. The topological polar surface area (TPSA) is 23.5 Å². The fourth-order valence-electron chi connectivity index (χ4n) is 1.52. The highest BCUT2D eigenvalue weighted by molar-refractivity contribution is 5.28. The van der Waals surface area contributed by atoms with Gasteiger partial charge in [-0.25, -0.2) is 4.39 Å². The molecule has 0 amide bonds. The van der Waals surface area contributed by atoms with Gasteiger partial charge in [0.05, 0.1) is 6.54 Å². The molecular formula is C11H13F4NO. The second-order valence-corrected chi connectivity index (χ2v) is 3.74. The average molecular weight is 251 g/mol. The maximum absolute atomic E-state index is 12.9. The van der Waals surface area contributed by atoms with Crippen LogP contribution in [0.1, 0.15) is 12.5 Å². The molecule has 0 aromatic heterocycles. The van der Waals surface area contributed by atoms with Gasteiger partial charge in [-0.05, 0) is 24.2 Å². The van der Waals surface area contributed by atoms with Crippen LogP contribution in [0.3, 0.4) is 0 Å². The zero-order valence-corrected chi connectivity index (χ0v) is 9.26. The average Bonchev–Trinajstić information content (AvgIpc) is 2.12. The Bertz CT molecular complexity index is 358. The van der Waals surface area contributed by atoms with Crippen LogP contribution in [0.5, 0.6) is 5.75 Å². The van der Waals surface area contributed by atoms with E-state index in [1.54, 1.807) is 6.92 Å². The van der Waals surface area contributed by atoms with Crippen LogP contribution in [0.4, 0.5) is 17.6 Å². The number of rotatable bonds is 4. The molecule has 2 nitrogen and oxygen atoms in total. The van der Waals surface area contributed by atoms with Crippen LogP contribution in [0.2, 0.25) is 0 Å². The van der Waals surface area contributed by atoms with Gasteiger partial charge in [-0.2, -0.15) is 13.2 Å². The molecule has 96 valence electrons. The van der Waals surface area contributed by atoms with Crippen molar-refractivity contribution in [1.29, 1.82) is 0 Å². The van der Waals surface area contributed by atoms with Gasteiger partial charge in [-0.3, -0.25) is 4.90 Å². The molecule has 0 heterocycles. The predicted octanol–water partition coefficient (Wildman–Crippen LogP) is 2.92. The van der Waals surface area contributed by atoms with E-state index in [4.69, 9.17) is 5.11 Å². The van der Waals surface area contributed by atoms with E-state index in [0.29, 0.717) is 5.56 Å². The Balaban J connectivity index is 2.73. The number of hydrogen-bond acceptors (Lipinski definition) is 2. The zero-order chi connectivity index (χ0) is 13.1. The van der Waals surface area contributed by atoms with Crippen molar-refractivity contribution < 1.29 is 22.7 Å². The third kappa shape index (κ3) is 5.04. The van der Waals surface area contributed by atoms with Crippen LogP contribution in [-0.4, -0.2) is 29.3 Å². The molecule has 0 saturated heterocycles. The smallest absolute Gasteiger partial charge is 0.401 e. The van der Waals surface area contributed by atoms with Gasteiger partial charge in [-0.15, -0.1) is 0 Å². The van der Waals surface area contributed by atoms with Gasteiger partial charge in [-0.1, -0.05) is 6.92 Å². The maximum Gasteiger partial charge on any atom is 0.401 e. The molecule has 1 aromatic rings. The Labute approximate surface area is 96.5 Å². The molecule has 0 unspecified atom stereocenters. The van der Waals surface area contributed by atoms with Crippen molar-refractivity contribution >= 4 is 0 Å². The summed E-state index contributed by atoms with van der Waals surface area (Å²) in [5.74, 6) is -0.953. The van der Waals surface area contributed by atoms with Gasteiger partial charge >= 0.3 is 6.18 Å². The molecule has 0 bridgehead atoms. The molecule has 17 heavy (non-hydrogen) atoms. The van der Waals surface area contributed by atoms with Crippen molar-refractivity contribution in [2.45, 2.75) is 19.6 Å². The molecule has 1 rings (SSSR count). The predicted molar refractivity (Wildman–Crippen MR) is 55.1 cm³/mol. The van der Waals surface area contributed by atoms with Crippen molar-refractivity contribution in [3.8, 4) is 5.75 Å². The van der Waals surface area contributed by atoms with E-state index in [9.17, 15) is 17.6 Å². The molecule has 0 fully saturated rings. The number of benzene rings is 1. The van der Waals surface area contributed by atoms with Crippen molar-refractivity contribution in [2.24, 2.45) is 0 Å². The number of hydrogen-bond donors (Lipinski definition) is 1. The Morgan fingerprint density at radius 3 is 2.35 bits per heavy atom. The number of nitrogens with zero attached hydrogens (tertiary/aromatic N) is 1. The Kier molecular flexibility index (Phi) is 4.34. The van der Waals surface area contributed by atoms with Crippen LogP contribution in [0, 0.1) is 5.82 Å². The Morgan fingerprint density at radius 1 is 1.24 bits per heavy atom. The van der Waals surface area contributed by atoms with Crippen molar-refractivity contribution in [3.63, 3.8) is 0 Å². The first-order valence-electron chi connectivity index (χ1n) is 5.07. The van der Waals surface area contributed by atoms with E-state index >= 15 is 0 Å². The standard InChI is InChI=1S/C11H13F4NO/c1-2-16(7-11(13,14)15)6-8-3-9(12)5-10(17)4-8/h3-5,17H,2,6-7H2,1H3. The third-order valence-electron chi connectivity index (χ3n) is 2.20. The minimum atomic E-state index is -4.29. The second kappa shape index (κ2) is 5.35. The van der Waals surface area contributed by atoms with Gasteiger partial charge < -0.3 is 5.11 Å². The highest BCUT2D eigenvalue weighted by atomic mass is 19.4. The molecule has 0 atom stereocenters. The van der Waals surface area contributed by atoms with E-state index in [-0.39, 0.29) is 18.8 Å². The van der Waals surface area contributed by atoms with Gasteiger partial charge in [0, 0.05) is 12.6 Å². The van der Waals surface area contributed by atoms with Gasteiger partial charge in [0.2, 0.25) is 0 Å². The number of phenolic OH excluding ortho intramolecular Hbond substituents is 1. The summed E-state index contributed by atoms with van der Waals surface area (Å²) in [5.41, 5.74) is 0.314. The van der Waals surface area contributed by atoms with E-state index < -0.39 is 18.5 Å². The summed E-state index contributed by atoms with van der Waals surface area (Å²) >= 11 is 0. The molecule has 0 spiro atoms. The summed E-state index contributed by atoms with van der Waals surface area (Å²) < 4.78 is 49.5. The molecular weight excluding hydrogens is 238 g/mol. The van der Waals surface area contributed by atoms with Crippen LogP contribution >= 0.6 is 0 Å². The summed E-state index contributed by atoms with van der Waals surface area (Å²) in [6, 6.07) is 3.27. The molecule has 0 aliphatic rings. The lowest BCUT2D eigenvalue weighted by molar-refractivity contribution is -0.146. The molecule has 0 aliphatic carbocycles. The van der Waals surface area contributed by atoms with Gasteiger partial charge in [0.15, 0.2) is 0 Å². The normalized spacial score (nSPS) is 12.1. The minimum absolute atomic E-state index is 0.0542. The van der Waals surface area contributed by atoms with E-state index in [0.717, 1.165) is 17.0 Å². The number of aromatic hydroxyl groups is 1. The summed E-state index contributed by atoms with van der Waals surface area (Å²) in [5, 5.41) is 9.13. The highest BCUT2D eigenvalue weighted by Crippen LogP contribution is 2.20. The van der Waals surface area contributed by atoms with Gasteiger partial charge in [0.25, 0.3) is 0 Å². The number of phenols is 1. The molecule has 1 aromatic carbocycles. The number of alkyl halides is 3. The highest BCUT2D eigenvalue weighted by Gasteiger charge is 2.30. The Morgan fingerprint density at radius 2 is 1.88 bits per heavy atom. The van der Waals surface area contributed by atoms with E-state index in [2.05, 4.69) is 0 Å². The lowest BCUT2D eigenvalue weighted by Gasteiger charge is -2.21. The summed E-state index contributed by atoms with van der Waals surface area (Å²) in [4.78, 5) is 1.12. The molecule has 1 N–H and O–H groups in total. The van der Waals surface area contributed by atoms with Crippen molar-refractivity contribution in [2.75, 3.05) is 13.1 Å². The Hall–Kier alpha value is -1.30. The van der Waals surface area contributed by atoms with Gasteiger partial charge in [0.1, 0.15) is 11.6 Å². The number of halogens is 4. The first kappa shape index (κ1) is 13.8. The second-order valence-electron chi connectivity index (χ2n) is 3.74. The van der Waals surface area contributed by atoms with E-state index in [1.165, 1.54) is 6.07 Å².